The van der Waals surface area contributed by atoms with Gasteiger partial charge in [0.2, 0.25) is 6.79 Å². The van der Waals surface area contributed by atoms with Crippen molar-refractivity contribution in [2.24, 2.45) is 0 Å². The Hall–Kier alpha value is -3.26. The second-order valence-electron chi connectivity index (χ2n) is 7.47. The quantitative estimate of drug-likeness (QED) is 0.689. The molecule has 0 bridgehead atoms. The van der Waals surface area contributed by atoms with E-state index in [4.69, 9.17) is 14.2 Å². The van der Waals surface area contributed by atoms with Crippen molar-refractivity contribution in [3.63, 3.8) is 0 Å². The standard InChI is InChI=1S/C22H25N3O5/c1-15(26)18-11-20-21(30-14-29-20)12-19(18)23-22(27)13-24-6-8-25(9-7-24)16-4-3-5-17(10-16)28-2/h3-5,10-12H,6-9,13-14H2,1-2H3,(H,23,27)/p+1. The van der Waals surface area contributed by atoms with Crippen LogP contribution in [0.1, 0.15) is 17.3 Å². The third kappa shape index (κ3) is 4.33. The van der Waals surface area contributed by atoms with Crippen LogP contribution in [0, 0.1) is 0 Å². The lowest BCUT2D eigenvalue weighted by Crippen LogP contribution is -3.15. The molecule has 2 N–H and O–H groups in total. The summed E-state index contributed by atoms with van der Waals surface area (Å²) in [4.78, 5) is 28.1. The van der Waals surface area contributed by atoms with Crippen molar-refractivity contribution in [3.8, 4) is 17.2 Å². The smallest absolute Gasteiger partial charge is 0.279 e. The number of nitrogens with zero attached hydrogens (tertiary/aromatic N) is 1. The summed E-state index contributed by atoms with van der Waals surface area (Å²) in [5, 5.41) is 2.88. The molecule has 2 aliphatic rings. The number of rotatable bonds is 6. The van der Waals surface area contributed by atoms with Gasteiger partial charge in [-0.25, -0.2) is 0 Å². The summed E-state index contributed by atoms with van der Waals surface area (Å²) in [6, 6.07) is 11.3. The predicted octanol–water partition coefficient (Wildman–Crippen LogP) is 0.970. The van der Waals surface area contributed by atoms with Gasteiger partial charge in [0.25, 0.3) is 5.91 Å². The maximum Gasteiger partial charge on any atom is 0.279 e. The van der Waals surface area contributed by atoms with E-state index in [0.717, 1.165) is 37.6 Å². The highest BCUT2D eigenvalue weighted by atomic mass is 16.7. The van der Waals surface area contributed by atoms with Crippen LogP contribution in [0.5, 0.6) is 17.2 Å². The number of hydrogen-bond donors (Lipinski definition) is 2. The third-order valence-corrected chi connectivity index (χ3v) is 5.47. The van der Waals surface area contributed by atoms with Crippen LogP contribution in [0.4, 0.5) is 11.4 Å². The van der Waals surface area contributed by atoms with Crippen molar-refractivity contribution >= 4 is 23.1 Å². The van der Waals surface area contributed by atoms with Crippen LogP contribution < -0.4 is 29.3 Å². The van der Waals surface area contributed by atoms with Gasteiger partial charge in [0, 0.05) is 23.4 Å². The van der Waals surface area contributed by atoms with Gasteiger partial charge in [-0.05, 0) is 25.1 Å². The van der Waals surface area contributed by atoms with Gasteiger partial charge in [0.1, 0.15) is 5.75 Å². The molecule has 0 saturated carbocycles. The normalized spacial score (nSPS) is 15.7. The van der Waals surface area contributed by atoms with Crippen molar-refractivity contribution in [1.29, 1.82) is 0 Å². The first kappa shape index (κ1) is 20.0. The minimum absolute atomic E-state index is 0.117. The number of ether oxygens (including phenoxy) is 3. The minimum Gasteiger partial charge on any atom is -0.497 e. The molecular formula is C22H26N3O5+. The number of quaternary nitrogens is 1. The van der Waals surface area contributed by atoms with Crippen LogP contribution in [0.3, 0.4) is 0 Å². The van der Waals surface area contributed by atoms with Crippen LogP contribution in [0.25, 0.3) is 0 Å². The van der Waals surface area contributed by atoms with Gasteiger partial charge in [0.15, 0.2) is 23.8 Å². The zero-order valence-corrected chi connectivity index (χ0v) is 17.2. The first-order valence-electron chi connectivity index (χ1n) is 10.0. The lowest BCUT2D eigenvalue weighted by Gasteiger charge is -2.33. The fraction of sp³-hybridized carbons (Fsp3) is 0.364. The number of piperazine rings is 1. The first-order chi connectivity index (χ1) is 14.5. The number of carbonyl (C=O) groups is 2. The molecule has 2 aliphatic heterocycles. The van der Waals surface area contributed by atoms with E-state index in [2.05, 4.69) is 16.3 Å². The predicted molar refractivity (Wildman–Crippen MR) is 112 cm³/mol. The van der Waals surface area contributed by atoms with Crippen molar-refractivity contribution < 1.29 is 28.7 Å². The molecule has 2 aromatic rings. The van der Waals surface area contributed by atoms with Gasteiger partial charge in [-0.2, -0.15) is 0 Å². The van der Waals surface area contributed by atoms with Crippen LogP contribution in [-0.4, -0.2) is 58.3 Å². The second-order valence-corrected chi connectivity index (χ2v) is 7.47. The van der Waals surface area contributed by atoms with E-state index in [-0.39, 0.29) is 18.5 Å². The minimum atomic E-state index is -0.136. The molecule has 1 amide bonds. The molecule has 0 atom stereocenters. The average Bonchev–Trinajstić information content (AvgIpc) is 3.21. The molecule has 0 aliphatic carbocycles. The number of hydrogen-bond acceptors (Lipinski definition) is 6. The summed E-state index contributed by atoms with van der Waals surface area (Å²) in [7, 11) is 1.66. The van der Waals surface area contributed by atoms with E-state index in [1.807, 2.05) is 18.2 Å². The number of nitrogens with one attached hydrogen (secondary N) is 2. The summed E-state index contributed by atoms with van der Waals surface area (Å²) in [6.07, 6.45) is 0. The van der Waals surface area contributed by atoms with Gasteiger partial charge < -0.3 is 29.3 Å². The van der Waals surface area contributed by atoms with Crippen molar-refractivity contribution in [2.45, 2.75) is 6.92 Å². The van der Waals surface area contributed by atoms with Crippen LogP contribution in [-0.2, 0) is 4.79 Å². The molecule has 8 nitrogen and oxygen atoms in total. The SMILES string of the molecule is COc1cccc(N2CC[NH+](CC(=O)Nc3cc4c(cc3C(C)=O)OCO4)CC2)c1. The van der Waals surface area contributed by atoms with Crippen molar-refractivity contribution in [3.05, 3.63) is 42.0 Å². The monoisotopic (exact) mass is 412 g/mol. The highest BCUT2D eigenvalue weighted by molar-refractivity contribution is 6.04. The molecule has 158 valence electrons. The number of anilines is 2. The lowest BCUT2D eigenvalue weighted by atomic mass is 10.1. The molecule has 0 radical (unpaired) electrons. The van der Waals surface area contributed by atoms with E-state index < -0.39 is 0 Å². The Labute approximate surface area is 175 Å². The summed E-state index contributed by atoms with van der Waals surface area (Å²) in [5.74, 6) is 1.64. The highest BCUT2D eigenvalue weighted by Crippen LogP contribution is 2.37. The Bertz CT molecular complexity index is 954. The number of fused-ring (bicyclic) bond motifs is 1. The van der Waals surface area contributed by atoms with Gasteiger partial charge in [-0.3, -0.25) is 9.59 Å². The fourth-order valence-electron chi connectivity index (χ4n) is 3.82. The van der Waals surface area contributed by atoms with Gasteiger partial charge in [0.05, 0.1) is 39.0 Å². The Kier molecular flexibility index (Phi) is 5.76. The molecule has 8 heteroatoms. The molecular weight excluding hydrogens is 386 g/mol. The molecule has 30 heavy (non-hydrogen) atoms. The summed E-state index contributed by atoms with van der Waals surface area (Å²) in [6.45, 7) is 5.35. The molecule has 0 aromatic heterocycles. The molecule has 0 spiro atoms. The number of methoxy groups -OCH3 is 1. The Morgan fingerprint density at radius 3 is 2.57 bits per heavy atom. The Balaban J connectivity index is 1.35. The number of carbonyl (C=O) groups excluding carboxylic acids is 2. The third-order valence-electron chi connectivity index (χ3n) is 5.47. The van der Waals surface area contributed by atoms with Crippen molar-refractivity contribution in [1.82, 2.24) is 0 Å². The summed E-state index contributed by atoms with van der Waals surface area (Å²) < 4.78 is 16.0. The molecule has 1 saturated heterocycles. The van der Waals surface area contributed by atoms with E-state index in [9.17, 15) is 9.59 Å². The molecule has 1 fully saturated rings. The molecule has 4 rings (SSSR count). The summed E-state index contributed by atoms with van der Waals surface area (Å²) in [5.41, 5.74) is 2.01. The number of benzene rings is 2. The molecule has 2 heterocycles. The number of amides is 1. The topological polar surface area (TPSA) is 81.5 Å². The van der Waals surface area contributed by atoms with E-state index in [1.165, 1.54) is 11.8 Å². The zero-order valence-electron chi connectivity index (χ0n) is 17.2. The van der Waals surface area contributed by atoms with Crippen LogP contribution in [0.2, 0.25) is 0 Å². The summed E-state index contributed by atoms with van der Waals surface area (Å²) >= 11 is 0. The number of Topliss-reactive ketones (excluding diaryl/α,β-unsaturated/α-hetero) is 1. The van der Waals surface area contributed by atoms with Gasteiger partial charge >= 0.3 is 0 Å². The van der Waals surface area contributed by atoms with E-state index in [1.54, 1.807) is 19.2 Å². The van der Waals surface area contributed by atoms with E-state index >= 15 is 0 Å². The zero-order chi connectivity index (χ0) is 21.1. The lowest BCUT2D eigenvalue weighted by molar-refractivity contribution is -0.892. The van der Waals surface area contributed by atoms with Crippen LogP contribution in [0.15, 0.2) is 36.4 Å². The highest BCUT2D eigenvalue weighted by Gasteiger charge is 2.25. The fourth-order valence-corrected chi connectivity index (χ4v) is 3.82. The van der Waals surface area contributed by atoms with Gasteiger partial charge in [-0.15, -0.1) is 0 Å². The maximum absolute atomic E-state index is 12.6. The Morgan fingerprint density at radius 1 is 1.13 bits per heavy atom. The maximum atomic E-state index is 12.6. The van der Waals surface area contributed by atoms with Crippen LogP contribution >= 0.6 is 0 Å². The Morgan fingerprint density at radius 2 is 1.87 bits per heavy atom. The van der Waals surface area contributed by atoms with E-state index in [0.29, 0.717) is 29.3 Å². The number of ketones is 1. The molecule has 2 aromatic carbocycles. The largest absolute Gasteiger partial charge is 0.497 e. The van der Waals surface area contributed by atoms with Gasteiger partial charge in [-0.1, -0.05) is 6.07 Å². The molecule has 0 unspecified atom stereocenters. The second kappa shape index (κ2) is 8.62. The average molecular weight is 412 g/mol. The first-order valence-corrected chi connectivity index (χ1v) is 10.0. The van der Waals surface area contributed by atoms with Crippen molar-refractivity contribution in [2.75, 3.05) is 56.8 Å².